The molecule has 0 radical (unpaired) electrons. The first-order valence-electron chi connectivity index (χ1n) is 5.11. The summed E-state index contributed by atoms with van der Waals surface area (Å²) < 4.78 is 5.51. The number of hydrogen-bond donors (Lipinski definition) is 2. The van der Waals surface area contributed by atoms with Gasteiger partial charge < -0.3 is 14.9 Å². The van der Waals surface area contributed by atoms with Gasteiger partial charge in [-0.1, -0.05) is 0 Å². The van der Waals surface area contributed by atoms with Gasteiger partial charge in [0.1, 0.15) is 23.9 Å². The number of aliphatic hydroxyl groups excluding tert-OH is 2. The molecule has 84 valence electrons. The van der Waals surface area contributed by atoms with Crippen molar-refractivity contribution in [1.29, 1.82) is 0 Å². The minimum atomic E-state index is -0.232. The largest absolute Gasteiger partial charge is 0.508 e. The highest BCUT2D eigenvalue weighted by Gasteiger charge is 2.12. The molecule has 1 aliphatic heterocycles. The van der Waals surface area contributed by atoms with E-state index in [9.17, 15) is 5.11 Å². The van der Waals surface area contributed by atoms with Crippen LogP contribution in [0.4, 0.5) is 0 Å². The molecule has 0 atom stereocenters. The number of hydrogen-bond acceptors (Lipinski definition) is 3. The third-order valence-electron chi connectivity index (χ3n) is 2.64. The smallest absolute Gasteiger partial charge is 0.134 e. The van der Waals surface area contributed by atoms with Gasteiger partial charge in [-0.2, -0.15) is 0 Å². The first-order valence-corrected chi connectivity index (χ1v) is 5.11. The molecule has 1 aromatic rings. The van der Waals surface area contributed by atoms with Gasteiger partial charge in [0.25, 0.3) is 0 Å². The highest BCUT2D eigenvalue weighted by Crippen LogP contribution is 2.29. The fraction of sp³-hybridized carbons (Fsp3) is 0.231. The summed E-state index contributed by atoms with van der Waals surface area (Å²) in [5.74, 6) is 1.09. The summed E-state index contributed by atoms with van der Waals surface area (Å²) in [6.07, 6.45) is 3.05. The molecule has 0 unspecified atom stereocenters. The van der Waals surface area contributed by atoms with Gasteiger partial charge in [0.15, 0.2) is 0 Å². The summed E-state index contributed by atoms with van der Waals surface area (Å²) in [5, 5.41) is 18.6. The summed E-state index contributed by atoms with van der Waals surface area (Å²) in [4.78, 5) is 0. The van der Waals surface area contributed by atoms with E-state index >= 15 is 0 Å². The van der Waals surface area contributed by atoms with Crippen LogP contribution in [0.1, 0.15) is 16.7 Å². The molecule has 0 bridgehead atoms. The topological polar surface area (TPSA) is 49.7 Å². The Bertz CT molecular complexity index is 484. The maximum atomic E-state index is 9.59. The molecular formula is C13H14O3. The molecule has 0 saturated heterocycles. The molecule has 0 amide bonds. The molecule has 1 aliphatic rings. The summed E-state index contributed by atoms with van der Waals surface area (Å²) in [6.45, 7) is 3.77. The van der Waals surface area contributed by atoms with Crippen LogP contribution in [0.2, 0.25) is 0 Å². The predicted molar refractivity (Wildman–Crippen MR) is 62.3 cm³/mol. The van der Waals surface area contributed by atoms with Crippen LogP contribution in [0.5, 0.6) is 5.75 Å². The van der Waals surface area contributed by atoms with E-state index in [-0.39, 0.29) is 12.4 Å². The Labute approximate surface area is 94.3 Å². The van der Waals surface area contributed by atoms with Gasteiger partial charge in [0, 0.05) is 11.6 Å². The zero-order valence-corrected chi connectivity index (χ0v) is 9.32. The fourth-order valence-corrected chi connectivity index (χ4v) is 1.63. The summed E-state index contributed by atoms with van der Waals surface area (Å²) >= 11 is 0. The molecule has 0 aliphatic carbocycles. The van der Waals surface area contributed by atoms with Gasteiger partial charge in [-0.15, -0.1) is 0 Å². The van der Waals surface area contributed by atoms with E-state index in [1.165, 1.54) is 6.08 Å². The van der Waals surface area contributed by atoms with Crippen LogP contribution in [-0.4, -0.2) is 16.8 Å². The van der Waals surface area contributed by atoms with E-state index in [1.807, 2.05) is 26.0 Å². The van der Waals surface area contributed by atoms with Crippen LogP contribution in [0.3, 0.4) is 0 Å². The maximum absolute atomic E-state index is 9.59. The number of rotatable bonds is 1. The molecule has 1 aromatic carbocycles. The van der Waals surface area contributed by atoms with Crippen LogP contribution in [0.15, 0.2) is 29.7 Å². The quantitative estimate of drug-likeness (QED) is 0.761. The lowest BCUT2D eigenvalue weighted by Crippen LogP contribution is -2.01. The van der Waals surface area contributed by atoms with Crippen molar-refractivity contribution in [3.63, 3.8) is 0 Å². The van der Waals surface area contributed by atoms with E-state index in [1.54, 1.807) is 6.08 Å². The van der Waals surface area contributed by atoms with Crippen molar-refractivity contribution in [3.05, 3.63) is 46.4 Å². The van der Waals surface area contributed by atoms with Gasteiger partial charge in [-0.25, -0.2) is 0 Å². The number of benzene rings is 1. The van der Waals surface area contributed by atoms with Gasteiger partial charge >= 0.3 is 0 Å². The second kappa shape index (κ2) is 4.02. The van der Waals surface area contributed by atoms with Crippen LogP contribution in [0, 0.1) is 13.8 Å². The molecule has 2 rings (SSSR count). The van der Waals surface area contributed by atoms with Gasteiger partial charge in [0.2, 0.25) is 0 Å². The zero-order valence-electron chi connectivity index (χ0n) is 9.32. The van der Waals surface area contributed by atoms with E-state index in [0.29, 0.717) is 11.5 Å². The molecule has 0 spiro atoms. The van der Waals surface area contributed by atoms with Crippen LogP contribution in [0.25, 0.3) is 6.08 Å². The highest BCUT2D eigenvalue weighted by molar-refractivity contribution is 5.64. The number of aliphatic hydroxyl groups is 2. The van der Waals surface area contributed by atoms with Crippen molar-refractivity contribution in [2.75, 3.05) is 6.61 Å². The van der Waals surface area contributed by atoms with Crippen molar-refractivity contribution in [2.45, 2.75) is 13.8 Å². The van der Waals surface area contributed by atoms with Crippen LogP contribution in [-0.2, 0) is 0 Å². The molecule has 2 N–H and O–H groups in total. The van der Waals surface area contributed by atoms with Gasteiger partial charge in [-0.05, 0) is 43.2 Å². The molecular weight excluding hydrogens is 204 g/mol. The predicted octanol–water partition coefficient (Wildman–Crippen LogP) is 2.47. The monoisotopic (exact) mass is 218 g/mol. The Balaban J connectivity index is 2.55. The molecule has 3 nitrogen and oxygen atoms in total. The first kappa shape index (κ1) is 10.8. The number of ether oxygens (including phenoxy) is 1. The average molecular weight is 218 g/mol. The third kappa shape index (κ3) is 1.95. The SMILES string of the molecule is Cc1cc2c(cc1C)OC(CO)=CC(O)=C2. The second-order valence-electron chi connectivity index (χ2n) is 3.91. The molecule has 0 aromatic heterocycles. The Kier molecular flexibility index (Phi) is 2.71. The van der Waals surface area contributed by atoms with Crippen molar-refractivity contribution in [1.82, 2.24) is 0 Å². The number of aryl methyl sites for hydroxylation is 2. The molecule has 1 heterocycles. The normalized spacial score (nSPS) is 14.4. The van der Waals surface area contributed by atoms with Crippen molar-refractivity contribution in [3.8, 4) is 5.75 Å². The van der Waals surface area contributed by atoms with Gasteiger partial charge in [-0.3, -0.25) is 0 Å². The fourth-order valence-electron chi connectivity index (χ4n) is 1.63. The minimum absolute atomic E-state index is 0.0889. The van der Waals surface area contributed by atoms with Crippen molar-refractivity contribution < 1.29 is 14.9 Å². The number of allylic oxidation sites excluding steroid dienone is 1. The standard InChI is InChI=1S/C13H14O3/c1-8-3-10-5-11(15)6-12(7-14)16-13(10)4-9(8)2/h3-6,14-15H,7H2,1-2H3. The minimum Gasteiger partial charge on any atom is -0.508 e. The van der Waals surface area contributed by atoms with Crippen molar-refractivity contribution in [2.24, 2.45) is 0 Å². The molecule has 0 saturated carbocycles. The second-order valence-corrected chi connectivity index (χ2v) is 3.91. The van der Waals surface area contributed by atoms with Crippen LogP contribution < -0.4 is 4.74 Å². The van der Waals surface area contributed by atoms with E-state index in [2.05, 4.69) is 0 Å². The van der Waals surface area contributed by atoms with Crippen molar-refractivity contribution >= 4 is 6.08 Å². The lowest BCUT2D eigenvalue weighted by molar-refractivity contribution is 0.261. The molecule has 0 fully saturated rings. The zero-order chi connectivity index (χ0) is 11.7. The summed E-state index contributed by atoms with van der Waals surface area (Å²) in [5.41, 5.74) is 3.07. The molecule has 3 heteroatoms. The number of fused-ring (bicyclic) bond motifs is 1. The highest BCUT2D eigenvalue weighted by atomic mass is 16.5. The maximum Gasteiger partial charge on any atom is 0.134 e. The van der Waals surface area contributed by atoms with E-state index in [4.69, 9.17) is 9.84 Å². The van der Waals surface area contributed by atoms with E-state index < -0.39 is 0 Å². The molecule has 16 heavy (non-hydrogen) atoms. The Hall–Kier alpha value is -1.74. The Morgan fingerprint density at radius 2 is 1.81 bits per heavy atom. The lowest BCUT2D eigenvalue weighted by atomic mass is 10.0. The summed E-state index contributed by atoms with van der Waals surface area (Å²) in [7, 11) is 0. The third-order valence-corrected chi connectivity index (χ3v) is 2.64. The first-order chi connectivity index (χ1) is 7.60. The van der Waals surface area contributed by atoms with Crippen LogP contribution >= 0.6 is 0 Å². The summed E-state index contributed by atoms with van der Waals surface area (Å²) in [6, 6.07) is 3.86. The Morgan fingerprint density at radius 1 is 1.12 bits per heavy atom. The Morgan fingerprint density at radius 3 is 2.50 bits per heavy atom. The van der Waals surface area contributed by atoms with Gasteiger partial charge in [0.05, 0.1) is 0 Å². The average Bonchev–Trinajstić information content (AvgIpc) is 2.37. The lowest BCUT2D eigenvalue weighted by Gasteiger charge is -2.10. The van der Waals surface area contributed by atoms with E-state index in [0.717, 1.165) is 16.7 Å².